The summed E-state index contributed by atoms with van der Waals surface area (Å²) in [4.78, 5) is 11.4. The molecule has 0 saturated heterocycles. The molecule has 0 aliphatic carbocycles. The molecule has 1 aromatic carbocycles. The summed E-state index contributed by atoms with van der Waals surface area (Å²) in [5, 5.41) is 2.70. The highest BCUT2D eigenvalue weighted by Crippen LogP contribution is 1.97. The third-order valence-electron chi connectivity index (χ3n) is 1.53. The molecule has 1 aromatic rings. The largest absolute Gasteiger partial charge is 0.329 e. The van der Waals surface area contributed by atoms with E-state index in [-0.39, 0.29) is 5.91 Å². The van der Waals surface area contributed by atoms with E-state index >= 15 is 0 Å². The molecule has 1 rings (SSSR count). The average Bonchev–Trinajstić information content (AvgIpc) is 2.15. The van der Waals surface area contributed by atoms with Crippen molar-refractivity contribution in [2.75, 3.05) is 0 Å². The summed E-state index contributed by atoms with van der Waals surface area (Å²) in [5.41, 5.74) is 1.75. The normalized spacial score (nSPS) is 9.08. The van der Waals surface area contributed by atoms with Gasteiger partial charge in [-0.2, -0.15) is 0 Å². The minimum absolute atomic E-state index is 0.0678. The van der Waals surface area contributed by atoms with Crippen LogP contribution in [0.3, 0.4) is 0 Å². The van der Waals surface area contributed by atoms with Crippen molar-refractivity contribution in [2.45, 2.75) is 13.8 Å². The molecule has 0 atom stereocenters. The number of hydrogen-bond donors (Lipinski definition) is 1. The summed E-state index contributed by atoms with van der Waals surface area (Å²) in [7, 11) is 0. The molecule has 13 heavy (non-hydrogen) atoms. The van der Waals surface area contributed by atoms with Crippen LogP contribution in [0.15, 0.2) is 42.1 Å². The average molecular weight is 175 g/mol. The van der Waals surface area contributed by atoms with E-state index in [0.717, 1.165) is 5.57 Å². The van der Waals surface area contributed by atoms with Crippen molar-refractivity contribution in [3.63, 3.8) is 0 Å². The Labute approximate surface area is 78.3 Å². The van der Waals surface area contributed by atoms with E-state index in [9.17, 15) is 4.79 Å². The first-order chi connectivity index (χ1) is 6.20. The number of nitrogens with one attached hydrogen (secondary N) is 1. The van der Waals surface area contributed by atoms with Crippen molar-refractivity contribution in [1.82, 2.24) is 5.32 Å². The molecule has 1 N–H and O–H groups in total. The van der Waals surface area contributed by atoms with Gasteiger partial charge in [0.05, 0.1) is 0 Å². The first-order valence-electron chi connectivity index (χ1n) is 4.19. The predicted octanol–water partition coefficient (Wildman–Crippen LogP) is 2.34. The van der Waals surface area contributed by atoms with Crippen molar-refractivity contribution in [1.29, 1.82) is 0 Å². The molecule has 0 aliphatic rings. The molecule has 0 spiro atoms. The standard InChI is InChI=1S/C11H13NO/c1-9(2)8-12-11(13)10-6-4-3-5-7-10/h3-8H,1-2H3,(H,12,13). The first kappa shape index (κ1) is 9.52. The van der Waals surface area contributed by atoms with E-state index in [1.54, 1.807) is 18.3 Å². The molecule has 0 saturated carbocycles. The van der Waals surface area contributed by atoms with Gasteiger partial charge in [-0.25, -0.2) is 0 Å². The molecule has 0 unspecified atom stereocenters. The monoisotopic (exact) mass is 175 g/mol. The number of rotatable bonds is 2. The Morgan fingerprint density at radius 2 is 1.85 bits per heavy atom. The van der Waals surface area contributed by atoms with Crippen LogP contribution in [0.1, 0.15) is 24.2 Å². The number of amides is 1. The maximum Gasteiger partial charge on any atom is 0.255 e. The Morgan fingerprint density at radius 1 is 1.23 bits per heavy atom. The fraction of sp³-hybridized carbons (Fsp3) is 0.182. The van der Waals surface area contributed by atoms with Gasteiger partial charge in [-0.3, -0.25) is 4.79 Å². The van der Waals surface area contributed by atoms with Gasteiger partial charge in [-0.05, 0) is 26.0 Å². The molecular weight excluding hydrogens is 162 g/mol. The molecule has 0 bridgehead atoms. The molecule has 1 amide bonds. The molecule has 0 heterocycles. The molecule has 68 valence electrons. The Bertz CT molecular complexity index is 310. The molecule has 0 aromatic heterocycles. The van der Waals surface area contributed by atoms with Crippen molar-refractivity contribution >= 4 is 5.91 Å². The highest BCUT2D eigenvalue weighted by atomic mass is 16.1. The van der Waals surface area contributed by atoms with E-state index in [1.165, 1.54) is 0 Å². The molecule has 2 heteroatoms. The Balaban J connectivity index is 2.65. The molecule has 2 nitrogen and oxygen atoms in total. The first-order valence-corrected chi connectivity index (χ1v) is 4.19. The van der Waals surface area contributed by atoms with Crippen LogP contribution in [0.4, 0.5) is 0 Å². The van der Waals surface area contributed by atoms with Crippen LogP contribution in [0.5, 0.6) is 0 Å². The molecule has 0 fully saturated rings. The zero-order chi connectivity index (χ0) is 9.68. The van der Waals surface area contributed by atoms with Crippen LogP contribution in [0.2, 0.25) is 0 Å². The third kappa shape index (κ3) is 3.11. The zero-order valence-electron chi connectivity index (χ0n) is 7.87. The van der Waals surface area contributed by atoms with Gasteiger partial charge in [0.25, 0.3) is 5.91 Å². The maximum atomic E-state index is 11.4. The number of benzene rings is 1. The van der Waals surface area contributed by atoms with Gasteiger partial charge in [0.1, 0.15) is 0 Å². The van der Waals surface area contributed by atoms with E-state index in [1.807, 2.05) is 32.0 Å². The minimum atomic E-state index is -0.0678. The smallest absolute Gasteiger partial charge is 0.255 e. The van der Waals surface area contributed by atoms with E-state index in [4.69, 9.17) is 0 Å². The van der Waals surface area contributed by atoms with Crippen LogP contribution >= 0.6 is 0 Å². The second-order valence-electron chi connectivity index (χ2n) is 3.06. The lowest BCUT2D eigenvalue weighted by Gasteiger charge is -1.99. The van der Waals surface area contributed by atoms with Crippen molar-refractivity contribution < 1.29 is 4.79 Å². The Hall–Kier alpha value is -1.57. The molecule has 0 aliphatic heterocycles. The lowest BCUT2D eigenvalue weighted by Crippen LogP contribution is -2.17. The maximum absolute atomic E-state index is 11.4. The number of hydrogen-bond acceptors (Lipinski definition) is 1. The topological polar surface area (TPSA) is 29.1 Å². The number of allylic oxidation sites excluding steroid dienone is 1. The quantitative estimate of drug-likeness (QED) is 0.734. The van der Waals surface area contributed by atoms with E-state index < -0.39 is 0 Å². The van der Waals surface area contributed by atoms with Crippen LogP contribution in [-0.4, -0.2) is 5.91 Å². The fourth-order valence-electron chi connectivity index (χ4n) is 0.883. The summed E-state index contributed by atoms with van der Waals surface area (Å²) in [6.45, 7) is 3.87. The third-order valence-corrected chi connectivity index (χ3v) is 1.53. The minimum Gasteiger partial charge on any atom is -0.329 e. The van der Waals surface area contributed by atoms with Crippen molar-refractivity contribution in [3.05, 3.63) is 47.7 Å². The van der Waals surface area contributed by atoms with E-state index in [0.29, 0.717) is 5.56 Å². The summed E-state index contributed by atoms with van der Waals surface area (Å²) in [6, 6.07) is 9.15. The fourth-order valence-corrected chi connectivity index (χ4v) is 0.883. The zero-order valence-corrected chi connectivity index (χ0v) is 7.87. The summed E-state index contributed by atoms with van der Waals surface area (Å²) in [6.07, 6.45) is 1.70. The van der Waals surface area contributed by atoms with Crippen molar-refractivity contribution in [2.24, 2.45) is 0 Å². The Morgan fingerprint density at radius 3 is 2.38 bits per heavy atom. The summed E-state index contributed by atoms with van der Waals surface area (Å²) in [5.74, 6) is -0.0678. The summed E-state index contributed by atoms with van der Waals surface area (Å²) >= 11 is 0. The SMILES string of the molecule is CC(C)=CNC(=O)c1ccccc1. The second-order valence-corrected chi connectivity index (χ2v) is 3.06. The van der Waals surface area contributed by atoms with Gasteiger partial charge >= 0.3 is 0 Å². The van der Waals surface area contributed by atoms with Crippen LogP contribution in [-0.2, 0) is 0 Å². The second kappa shape index (κ2) is 4.45. The number of carbonyl (C=O) groups excluding carboxylic acids is 1. The number of carbonyl (C=O) groups is 1. The highest BCUT2D eigenvalue weighted by molar-refractivity contribution is 5.94. The van der Waals surface area contributed by atoms with Crippen LogP contribution in [0.25, 0.3) is 0 Å². The van der Waals surface area contributed by atoms with Gasteiger partial charge in [0, 0.05) is 11.8 Å². The van der Waals surface area contributed by atoms with Gasteiger partial charge < -0.3 is 5.32 Å². The van der Waals surface area contributed by atoms with Gasteiger partial charge in [0.2, 0.25) is 0 Å². The van der Waals surface area contributed by atoms with Crippen LogP contribution < -0.4 is 5.32 Å². The Kier molecular flexibility index (Phi) is 3.26. The lowest BCUT2D eigenvalue weighted by atomic mass is 10.2. The van der Waals surface area contributed by atoms with Crippen LogP contribution in [0, 0.1) is 0 Å². The van der Waals surface area contributed by atoms with Gasteiger partial charge in [-0.15, -0.1) is 0 Å². The predicted molar refractivity (Wildman–Crippen MR) is 53.3 cm³/mol. The van der Waals surface area contributed by atoms with Gasteiger partial charge in [-0.1, -0.05) is 23.8 Å². The molecular formula is C11H13NO. The van der Waals surface area contributed by atoms with Crippen molar-refractivity contribution in [3.8, 4) is 0 Å². The molecule has 0 radical (unpaired) electrons. The summed E-state index contributed by atoms with van der Waals surface area (Å²) < 4.78 is 0. The lowest BCUT2D eigenvalue weighted by molar-refractivity contribution is 0.0970. The van der Waals surface area contributed by atoms with Gasteiger partial charge in [0.15, 0.2) is 0 Å². The highest BCUT2D eigenvalue weighted by Gasteiger charge is 2.00. The van der Waals surface area contributed by atoms with E-state index in [2.05, 4.69) is 5.32 Å².